The summed E-state index contributed by atoms with van der Waals surface area (Å²) in [5.41, 5.74) is 6.35. The van der Waals surface area contributed by atoms with Gasteiger partial charge >= 0.3 is 17.9 Å². The number of oxazole rings is 1. The Labute approximate surface area is 220 Å². The quantitative estimate of drug-likeness (QED) is 0.324. The van der Waals surface area contributed by atoms with E-state index in [1.165, 1.54) is 0 Å². The minimum atomic E-state index is -5.08. The summed E-state index contributed by atoms with van der Waals surface area (Å²) < 4.78 is 36.8. The monoisotopic (exact) mass is 548 g/mol. The van der Waals surface area contributed by atoms with Crippen molar-refractivity contribution in [3.8, 4) is 0 Å². The van der Waals surface area contributed by atoms with Gasteiger partial charge in [0, 0.05) is 43.6 Å². The second-order valence-corrected chi connectivity index (χ2v) is 8.94. The molecule has 1 aliphatic rings. The first-order valence-electron chi connectivity index (χ1n) is 11.4. The number of aryl methyl sites for hydroxylation is 1. The summed E-state index contributed by atoms with van der Waals surface area (Å²) >= 11 is 0. The molecule has 0 fully saturated rings. The maximum absolute atomic E-state index is 13.4. The number of hydrogen-bond donors (Lipinski definition) is 5. The summed E-state index contributed by atoms with van der Waals surface area (Å²) in [7, 11) is 3.96. The number of rotatable bonds is 5. The van der Waals surface area contributed by atoms with Crippen LogP contribution in [0.15, 0.2) is 56.3 Å². The zero-order valence-electron chi connectivity index (χ0n) is 21.6. The first-order valence-corrected chi connectivity index (χ1v) is 11.4. The number of carbonyl (C=O) groups is 2. The summed E-state index contributed by atoms with van der Waals surface area (Å²) in [6.07, 6.45) is -1.70. The zero-order chi connectivity index (χ0) is 29.1. The standard InChI is InChI=1S/C23H26N6O3.C2HF3O2/c1-13-11-24-23(25-12-13,28-17-8-14(2)15(3)19(10-17)29(4)5)21(30)26-16-6-7-20-18(9-16)27-22(31)32-20;3-2(4,5)1(6)7/h6-12,24,28H,1-5H3,(H,26,30)(H,27,31);(H,6,7). The molecule has 11 nitrogen and oxygen atoms in total. The van der Waals surface area contributed by atoms with Crippen LogP contribution in [0.25, 0.3) is 11.1 Å². The van der Waals surface area contributed by atoms with Crippen molar-refractivity contribution in [2.75, 3.05) is 29.6 Å². The lowest BCUT2D eigenvalue weighted by Crippen LogP contribution is -2.58. The van der Waals surface area contributed by atoms with Gasteiger partial charge < -0.3 is 30.4 Å². The summed E-state index contributed by atoms with van der Waals surface area (Å²) in [5, 5.41) is 16.4. The number of hydrogen-bond acceptors (Lipinski definition) is 8. The number of carboxylic acids is 1. The Morgan fingerprint density at radius 2 is 1.77 bits per heavy atom. The zero-order valence-corrected chi connectivity index (χ0v) is 21.6. The van der Waals surface area contributed by atoms with Crippen LogP contribution in [0, 0.1) is 13.8 Å². The molecule has 1 atom stereocenters. The van der Waals surface area contributed by atoms with Crippen LogP contribution in [-0.4, -0.2) is 54.2 Å². The molecular weight excluding hydrogens is 521 g/mol. The van der Waals surface area contributed by atoms with E-state index in [0.717, 1.165) is 28.1 Å². The van der Waals surface area contributed by atoms with E-state index in [2.05, 4.69) is 32.9 Å². The van der Waals surface area contributed by atoms with E-state index in [4.69, 9.17) is 14.3 Å². The molecule has 1 unspecified atom stereocenters. The number of aromatic amines is 1. The van der Waals surface area contributed by atoms with Gasteiger partial charge in [-0.05, 0) is 67.8 Å². The Morgan fingerprint density at radius 1 is 1.10 bits per heavy atom. The average molecular weight is 549 g/mol. The Hall–Kier alpha value is -4.75. The second kappa shape index (κ2) is 10.9. The smallest absolute Gasteiger partial charge is 0.475 e. The van der Waals surface area contributed by atoms with Gasteiger partial charge in [0.2, 0.25) is 0 Å². The normalized spacial score (nSPS) is 16.5. The molecule has 0 saturated heterocycles. The van der Waals surface area contributed by atoms with Crippen molar-refractivity contribution < 1.29 is 32.3 Å². The van der Waals surface area contributed by atoms with Crippen molar-refractivity contribution in [3.05, 3.63) is 63.8 Å². The van der Waals surface area contributed by atoms with E-state index in [1.54, 1.807) is 30.6 Å². The number of amides is 1. The first kappa shape index (κ1) is 28.8. The number of allylic oxidation sites excluding steroid dienone is 1. The number of aliphatic carboxylic acids is 1. The minimum Gasteiger partial charge on any atom is -0.475 e. The van der Waals surface area contributed by atoms with E-state index < -0.39 is 29.6 Å². The first-order chi connectivity index (χ1) is 18.1. The molecule has 3 aromatic rings. The third kappa shape index (κ3) is 6.77. The molecule has 208 valence electrons. The fraction of sp³-hybridized carbons (Fsp3) is 0.280. The highest BCUT2D eigenvalue weighted by Gasteiger charge is 2.39. The molecule has 0 aliphatic carbocycles. The molecule has 14 heteroatoms. The maximum atomic E-state index is 13.4. The third-order valence-electron chi connectivity index (χ3n) is 5.67. The highest BCUT2D eigenvalue weighted by Crippen LogP contribution is 2.29. The van der Waals surface area contributed by atoms with Gasteiger partial charge in [-0.1, -0.05) is 0 Å². The topological polar surface area (TPSA) is 152 Å². The van der Waals surface area contributed by atoms with Gasteiger partial charge in [0.25, 0.3) is 11.7 Å². The van der Waals surface area contributed by atoms with E-state index in [0.29, 0.717) is 16.8 Å². The summed E-state index contributed by atoms with van der Waals surface area (Å²) in [6, 6.07) is 8.90. The molecular formula is C25H27F3N6O5. The van der Waals surface area contributed by atoms with Crippen molar-refractivity contribution >= 4 is 46.3 Å². The van der Waals surface area contributed by atoms with Crippen molar-refractivity contribution in [2.24, 2.45) is 4.99 Å². The second-order valence-electron chi connectivity index (χ2n) is 8.94. The van der Waals surface area contributed by atoms with Crippen LogP contribution in [-0.2, 0) is 9.59 Å². The summed E-state index contributed by atoms with van der Waals surface area (Å²) in [4.78, 5) is 42.9. The SMILES string of the molecule is CC1=CNC(Nc2cc(C)c(C)c(N(C)C)c2)(C(=O)Nc2ccc3oc(=O)[nH]c3c2)N=C1.O=C(O)C(F)(F)F. The van der Waals surface area contributed by atoms with Crippen LogP contribution < -0.4 is 26.6 Å². The highest BCUT2D eigenvalue weighted by molar-refractivity contribution is 6.02. The van der Waals surface area contributed by atoms with Crippen LogP contribution in [0.5, 0.6) is 0 Å². The van der Waals surface area contributed by atoms with Crippen LogP contribution in [0.3, 0.4) is 0 Å². The molecule has 39 heavy (non-hydrogen) atoms. The number of carboxylic acid groups (broad SMARTS) is 1. The van der Waals surface area contributed by atoms with Gasteiger partial charge in [-0.2, -0.15) is 13.2 Å². The van der Waals surface area contributed by atoms with Gasteiger partial charge in [-0.3, -0.25) is 9.78 Å². The van der Waals surface area contributed by atoms with Crippen LogP contribution in [0.1, 0.15) is 18.1 Å². The average Bonchev–Trinajstić information content (AvgIpc) is 3.21. The Bertz CT molecular complexity index is 1520. The van der Waals surface area contributed by atoms with Gasteiger partial charge in [0.05, 0.1) is 5.52 Å². The Kier molecular flexibility index (Phi) is 8.08. The van der Waals surface area contributed by atoms with E-state index >= 15 is 0 Å². The number of nitrogens with one attached hydrogen (secondary N) is 4. The lowest BCUT2D eigenvalue weighted by molar-refractivity contribution is -0.192. The Morgan fingerprint density at radius 3 is 2.33 bits per heavy atom. The highest BCUT2D eigenvalue weighted by atomic mass is 19.4. The molecule has 2 aromatic carbocycles. The number of nitrogens with zero attached hydrogens (tertiary/aromatic N) is 2. The summed E-state index contributed by atoms with van der Waals surface area (Å²) in [5.74, 6) is -5.17. The number of alkyl halides is 3. The van der Waals surface area contributed by atoms with Gasteiger partial charge in [0.1, 0.15) is 0 Å². The third-order valence-corrected chi connectivity index (χ3v) is 5.67. The number of aliphatic imine (C=N–C) groups is 1. The molecule has 0 saturated carbocycles. The van der Waals surface area contributed by atoms with Crippen molar-refractivity contribution in [2.45, 2.75) is 32.7 Å². The number of fused-ring (bicyclic) bond motifs is 1. The van der Waals surface area contributed by atoms with Gasteiger partial charge in [-0.25, -0.2) is 14.6 Å². The molecule has 1 amide bonds. The molecule has 2 heterocycles. The van der Waals surface area contributed by atoms with Crippen molar-refractivity contribution in [3.63, 3.8) is 0 Å². The predicted octanol–water partition coefficient (Wildman–Crippen LogP) is 3.72. The fourth-order valence-corrected chi connectivity index (χ4v) is 3.58. The van der Waals surface area contributed by atoms with E-state index in [1.807, 2.05) is 45.0 Å². The number of anilines is 3. The molecule has 0 radical (unpaired) electrons. The number of halogens is 3. The van der Waals surface area contributed by atoms with Crippen LogP contribution >= 0.6 is 0 Å². The van der Waals surface area contributed by atoms with Crippen LogP contribution in [0.4, 0.5) is 30.2 Å². The number of benzene rings is 2. The van der Waals surface area contributed by atoms with E-state index in [-0.39, 0.29) is 0 Å². The van der Waals surface area contributed by atoms with Crippen molar-refractivity contribution in [1.82, 2.24) is 10.3 Å². The molecule has 5 N–H and O–H groups in total. The molecule has 1 aromatic heterocycles. The molecule has 0 bridgehead atoms. The van der Waals surface area contributed by atoms with Crippen LogP contribution in [0.2, 0.25) is 0 Å². The Balaban J connectivity index is 0.000000532. The molecule has 4 rings (SSSR count). The predicted molar refractivity (Wildman–Crippen MR) is 141 cm³/mol. The van der Waals surface area contributed by atoms with Gasteiger partial charge in [0.15, 0.2) is 5.58 Å². The lowest BCUT2D eigenvalue weighted by atomic mass is 10.1. The van der Waals surface area contributed by atoms with Crippen molar-refractivity contribution in [1.29, 1.82) is 0 Å². The number of aromatic nitrogens is 1. The molecule has 0 spiro atoms. The minimum absolute atomic E-state index is 0.410. The maximum Gasteiger partial charge on any atom is 0.490 e. The van der Waals surface area contributed by atoms with Gasteiger partial charge in [-0.15, -0.1) is 0 Å². The fourth-order valence-electron chi connectivity index (χ4n) is 3.58. The lowest BCUT2D eigenvalue weighted by Gasteiger charge is -2.33. The number of carbonyl (C=O) groups excluding carboxylic acids is 1. The molecule has 1 aliphatic heterocycles. The summed E-state index contributed by atoms with van der Waals surface area (Å²) in [6.45, 7) is 5.99. The largest absolute Gasteiger partial charge is 0.490 e. The number of H-pyrrole nitrogens is 1. The van der Waals surface area contributed by atoms with E-state index in [9.17, 15) is 22.8 Å².